The van der Waals surface area contributed by atoms with Crippen molar-refractivity contribution >= 4 is 32.6 Å². The Kier molecular flexibility index (Phi) is 38.4. The molecule has 48 heavy (non-hydrogen) atoms. The molecule has 0 aliphatic heterocycles. The molecule has 16 heteroatoms. The molecule has 0 aromatic carbocycles. The zero-order valence-electron chi connectivity index (χ0n) is 30.6. The minimum absolute atomic E-state index is 0. The van der Waals surface area contributed by atoms with Crippen molar-refractivity contribution < 1.29 is 103 Å². The number of hydrogen-bond donors (Lipinski definition) is 0. The third-order valence-corrected chi connectivity index (χ3v) is 8.84. The molecule has 0 aliphatic rings. The van der Waals surface area contributed by atoms with Crippen LogP contribution in [-0.2, 0) is 38.8 Å². The Balaban J connectivity index is -0.0000101. The van der Waals surface area contributed by atoms with Gasteiger partial charge < -0.3 is 18.9 Å². The Bertz CT molecular complexity index is 911. The molecule has 0 rings (SSSR count). The van der Waals surface area contributed by atoms with Gasteiger partial charge >= 0.3 is 59.1 Å². The van der Waals surface area contributed by atoms with Crippen LogP contribution in [0.5, 0.6) is 0 Å². The molecule has 0 bridgehead atoms. The molecular formula is C32H62N2Na2O10S2. The van der Waals surface area contributed by atoms with Crippen molar-refractivity contribution in [1.82, 2.24) is 9.80 Å². The minimum atomic E-state index is -4.84. The van der Waals surface area contributed by atoms with Gasteiger partial charge in [0, 0.05) is 39.0 Å². The number of rotatable bonds is 33. The van der Waals surface area contributed by atoms with Crippen molar-refractivity contribution in [2.45, 2.75) is 155 Å². The van der Waals surface area contributed by atoms with Crippen molar-refractivity contribution in [1.29, 1.82) is 0 Å². The standard InChI is InChI=1S/C32H64N2O10S2.2Na/c1-3-5-7-9-11-13-15-17-19-23-31(35)33(25-21-29-43-45(37,38)39)27-28-34(26-22-30-44-46(40,41)42)32(36)24-20-18-16-14-12-10-8-6-4-2;;/h3-30H2,1-2H3,(H,37,38,39)(H,40,41,42);;/q;2*+1/p-2. The smallest absolute Gasteiger partial charge is 0.726 e. The maximum absolute atomic E-state index is 13.1. The van der Waals surface area contributed by atoms with Gasteiger partial charge in [-0.2, -0.15) is 0 Å². The zero-order chi connectivity index (χ0) is 34.5. The molecule has 0 heterocycles. The fraction of sp³-hybridized carbons (Fsp3) is 0.938. The Morgan fingerprint density at radius 2 is 0.729 bits per heavy atom. The van der Waals surface area contributed by atoms with Crippen molar-refractivity contribution in [2.75, 3.05) is 39.4 Å². The van der Waals surface area contributed by atoms with E-state index >= 15 is 0 Å². The van der Waals surface area contributed by atoms with Crippen molar-refractivity contribution in [3.63, 3.8) is 0 Å². The van der Waals surface area contributed by atoms with Gasteiger partial charge in [0.15, 0.2) is 0 Å². The second-order valence-corrected chi connectivity index (χ2v) is 14.2. The predicted octanol–water partition coefficient (Wildman–Crippen LogP) is 0.227. The molecule has 0 aromatic rings. The molecule has 0 fully saturated rings. The van der Waals surface area contributed by atoms with Crippen LogP contribution in [0.3, 0.4) is 0 Å². The molecule has 0 N–H and O–H groups in total. The van der Waals surface area contributed by atoms with Crippen LogP contribution in [0.2, 0.25) is 0 Å². The van der Waals surface area contributed by atoms with E-state index in [9.17, 15) is 35.5 Å². The van der Waals surface area contributed by atoms with Crippen molar-refractivity contribution in [3.05, 3.63) is 0 Å². The maximum Gasteiger partial charge on any atom is 1.00 e. The van der Waals surface area contributed by atoms with Gasteiger partial charge in [-0.1, -0.05) is 117 Å². The molecule has 12 nitrogen and oxygen atoms in total. The first-order valence-corrected chi connectivity index (χ1v) is 20.3. The average molecular weight is 745 g/mol. The number of hydrogen-bond acceptors (Lipinski definition) is 10. The summed E-state index contributed by atoms with van der Waals surface area (Å²) in [5.74, 6) is -0.250. The van der Waals surface area contributed by atoms with Gasteiger partial charge in [-0.25, -0.2) is 16.8 Å². The fourth-order valence-corrected chi connectivity index (χ4v) is 5.93. The summed E-state index contributed by atoms with van der Waals surface area (Å²) in [6.45, 7) is 4.36. The van der Waals surface area contributed by atoms with Crippen LogP contribution in [0.4, 0.5) is 0 Å². The number of unbranched alkanes of at least 4 members (excludes halogenated alkanes) is 16. The maximum atomic E-state index is 13.1. The molecule has 0 saturated carbocycles. The van der Waals surface area contributed by atoms with E-state index < -0.39 is 20.8 Å². The van der Waals surface area contributed by atoms with E-state index in [0.29, 0.717) is 12.8 Å². The van der Waals surface area contributed by atoms with Gasteiger partial charge in [0.2, 0.25) is 32.6 Å². The molecule has 0 aliphatic carbocycles. The summed E-state index contributed by atoms with van der Waals surface area (Å²) in [5.41, 5.74) is 0. The quantitative estimate of drug-likeness (QED) is 0.0392. The van der Waals surface area contributed by atoms with E-state index in [1.165, 1.54) is 64.2 Å². The zero-order valence-corrected chi connectivity index (χ0v) is 36.2. The largest absolute Gasteiger partial charge is 1.00 e. The monoisotopic (exact) mass is 744 g/mol. The number of carbonyl (C=O) groups excluding carboxylic acids is 2. The Hall–Kier alpha value is 0.680. The van der Waals surface area contributed by atoms with Crippen molar-refractivity contribution in [3.8, 4) is 0 Å². The first kappa shape index (κ1) is 53.0. The molecule has 0 unspecified atom stereocenters. The predicted molar refractivity (Wildman–Crippen MR) is 177 cm³/mol. The summed E-state index contributed by atoms with van der Waals surface area (Å²) in [5, 5.41) is 0. The van der Waals surface area contributed by atoms with Crippen LogP contribution < -0.4 is 59.1 Å². The first-order valence-electron chi connectivity index (χ1n) is 17.7. The van der Waals surface area contributed by atoms with Crippen LogP contribution in [-0.4, -0.2) is 86.9 Å². The number of carbonyl (C=O) groups is 2. The molecule has 2 amide bonds. The van der Waals surface area contributed by atoms with Gasteiger partial charge in [0.1, 0.15) is 0 Å². The fourth-order valence-electron chi connectivity index (χ4n) is 5.29. The molecule has 0 aromatic heterocycles. The SMILES string of the molecule is CCCCCCCCCCCC(=O)N(CCCOS(=O)(=O)[O-])CCN(CCCOS(=O)(=O)[O-])C(=O)CCCCCCCCCCC.[Na+].[Na+]. The van der Waals surface area contributed by atoms with E-state index in [1.54, 1.807) is 9.80 Å². The molecule has 0 atom stereocenters. The van der Waals surface area contributed by atoms with Gasteiger partial charge in [-0.15, -0.1) is 0 Å². The van der Waals surface area contributed by atoms with E-state index in [-0.39, 0.29) is 123 Å². The normalized spacial score (nSPS) is 11.5. The molecule has 274 valence electrons. The third kappa shape index (κ3) is 36.5. The summed E-state index contributed by atoms with van der Waals surface area (Å²) in [6, 6.07) is 0. The summed E-state index contributed by atoms with van der Waals surface area (Å²) in [4.78, 5) is 29.4. The van der Waals surface area contributed by atoms with Crippen LogP contribution in [0.15, 0.2) is 0 Å². The van der Waals surface area contributed by atoms with E-state index in [2.05, 4.69) is 22.2 Å². The third-order valence-electron chi connectivity index (χ3n) is 7.93. The van der Waals surface area contributed by atoms with Crippen LogP contribution >= 0.6 is 0 Å². The average Bonchev–Trinajstić information content (AvgIpc) is 2.98. The Morgan fingerprint density at radius 1 is 0.458 bits per heavy atom. The molecular weight excluding hydrogens is 682 g/mol. The summed E-state index contributed by atoms with van der Waals surface area (Å²) in [6.07, 6.45) is 20.9. The molecule has 0 radical (unpaired) electrons. The summed E-state index contributed by atoms with van der Waals surface area (Å²) in [7, 11) is -9.67. The van der Waals surface area contributed by atoms with Gasteiger partial charge in [0.05, 0.1) is 13.2 Å². The number of amides is 2. The summed E-state index contributed by atoms with van der Waals surface area (Å²) < 4.78 is 73.5. The van der Waals surface area contributed by atoms with Crippen LogP contribution in [0.1, 0.15) is 155 Å². The van der Waals surface area contributed by atoms with Gasteiger partial charge in [0.25, 0.3) is 0 Å². The number of nitrogens with zero attached hydrogens (tertiary/aromatic N) is 2. The van der Waals surface area contributed by atoms with Gasteiger partial charge in [-0.05, 0) is 25.7 Å². The second-order valence-electron chi connectivity index (χ2n) is 12.1. The Labute approximate surface area is 337 Å². The topological polar surface area (TPSA) is 173 Å². The summed E-state index contributed by atoms with van der Waals surface area (Å²) >= 11 is 0. The second kappa shape index (κ2) is 34.7. The Morgan fingerprint density at radius 3 is 1.00 bits per heavy atom. The van der Waals surface area contributed by atoms with E-state index in [1.807, 2.05) is 0 Å². The van der Waals surface area contributed by atoms with Crippen molar-refractivity contribution in [2.24, 2.45) is 0 Å². The molecule has 0 saturated heterocycles. The van der Waals surface area contributed by atoms with E-state index in [0.717, 1.165) is 51.4 Å². The van der Waals surface area contributed by atoms with E-state index in [4.69, 9.17) is 0 Å². The van der Waals surface area contributed by atoms with Crippen LogP contribution in [0.25, 0.3) is 0 Å². The minimum Gasteiger partial charge on any atom is -0.726 e. The van der Waals surface area contributed by atoms with Gasteiger partial charge in [-0.3, -0.25) is 18.0 Å². The van der Waals surface area contributed by atoms with Crippen LogP contribution in [0, 0.1) is 0 Å². The first-order chi connectivity index (χ1) is 21.9. The molecule has 0 spiro atoms.